The van der Waals surface area contributed by atoms with E-state index in [-0.39, 0.29) is 6.47 Å². The summed E-state index contributed by atoms with van der Waals surface area (Å²) in [4.78, 5) is 20.5. The molecule has 0 N–H and O–H groups in total. The van der Waals surface area contributed by atoms with Crippen molar-refractivity contribution in [3.63, 3.8) is 0 Å². The lowest BCUT2D eigenvalue weighted by molar-refractivity contribution is -0.123. The van der Waals surface area contributed by atoms with Crippen LogP contribution in [0.15, 0.2) is 24.3 Å². The quantitative estimate of drug-likeness (QED) is 0.355. The molecule has 0 amide bonds. The van der Waals surface area contributed by atoms with Crippen molar-refractivity contribution in [1.82, 2.24) is 0 Å². The van der Waals surface area contributed by atoms with E-state index >= 15 is 0 Å². The van der Waals surface area contributed by atoms with Gasteiger partial charge in [0, 0.05) is 0 Å². The Balaban J connectivity index is 2.77. The number of esters is 1. The van der Waals surface area contributed by atoms with Crippen LogP contribution in [0.1, 0.15) is 10.4 Å². The second kappa shape index (κ2) is 3.51. The van der Waals surface area contributed by atoms with E-state index in [2.05, 4.69) is 10.8 Å². The van der Waals surface area contributed by atoms with Crippen LogP contribution < -0.4 is 0 Å². The van der Waals surface area contributed by atoms with Crippen molar-refractivity contribution in [1.29, 1.82) is 0 Å². The Bertz CT molecular complexity index is 253. The Morgan fingerprint density at radius 1 is 1.45 bits per heavy atom. The van der Waals surface area contributed by atoms with Crippen molar-refractivity contribution in [2.24, 2.45) is 0 Å². The molecule has 1 aromatic carbocycles. The Morgan fingerprint density at radius 3 is 2.64 bits per heavy atom. The maximum atomic E-state index is 10.8. The number of hydrogen-bond donors (Lipinski definition) is 0. The fraction of sp³-hybridized carbons (Fsp3) is 0. The third-order valence-corrected chi connectivity index (χ3v) is 1.11. The number of benzene rings is 1. The van der Waals surface area contributed by atoms with E-state index in [0.717, 1.165) is 0 Å². The third-order valence-electron chi connectivity index (χ3n) is 1.11. The molecule has 0 aliphatic carbocycles. The molecule has 0 bridgehead atoms. The highest BCUT2D eigenvalue weighted by Gasteiger charge is 2.03. The lowest BCUT2D eigenvalue weighted by Crippen LogP contribution is -2.02. The van der Waals surface area contributed by atoms with E-state index < -0.39 is 5.97 Å². The number of carbonyl (C=O) groups excluding carboxylic acids is 2. The minimum Gasteiger partial charge on any atom is -0.392 e. The first-order chi connectivity index (χ1) is 5.34. The largest absolute Gasteiger partial charge is 0.392 e. The molecule has 0 aromatic heterocycles. The van der Waals surface area contributed by atoms with Gasteiger partial charge in [-0.25, -0.2) is 4.79 Å². The zero-order chi connectivity index (χ0) is 8.10. The molecule has 1 rings (SSSR count). The summed E-state index contributed by atoms with van der Waals surface area (Å²) in [5, 5.41) is 0. The van der Waals surface area contributed by atoms with Gasteiger partial charge in [0.05, 0.1) is 5.56 Å². The SMILES string of the molecule is O=COC(=O)c1cc[c]cc1. The predicted octanol–water partition coefficient (Wildman–Crippen LogP) is 0.800. The molecule has 55 valence electrons. The van der Waals surface area contributed by atoms with Gasteiger partial charge in [-0.3, -0.25) is 4.79 Å². The van der Waals surface area contributed by atoms with Gasteiger partial charge in [-0.2, -0.15) is 0 Å². The fourth-order valence-electron chi connectivity index (χ4n) is 0.635. The first-order valence-electron chi connectivity index (χ1n) is 2.95. The summed E-state index contributed by atoms with van der Waals surface area (Å²) in [5.41, 5.74) is 0.343. The van der Waals surface area contributed by atoms with Crippen LogP contribution in [0.25, 0.3) is 0 Å². The summed E-state index contributed by atoms with van der Waals surface area (Å²) < 4.78 is 4.09. The van der Waals surface area contributed by atoms with Gasteiger partial charge in [-0.15, -0.1) is 0 Å². The van der Waals surface area contributed by atoms with Crippen LogP contribution in [-0.2, 0) is 9.53 Å². The molecule has 0 heterocycles. The normalized spacial score (nSPS) is 8.73. The Hall–Kier alpha value is -1.64. The number of ether oxygens (including phenoxy) is 1. The van der Waals surface area contributed by atoms with Crippen molar-refractivity contribution in [3.8, 4) is 0 Å². The van der Waals surface area contributed by atoms with Crippen LogP contribution >= 0.6 is 0 Å². The summed E-state index contributed by atoms with van der Waals surface area (Å²) in [6.07, 6.45) is 0. The van der Waals surface area contributed by atoms with E-state index in [0.29, 0.717) is 5.56 Å². The molecule has 0 aliphatic heterocycles. The Labute approximate surface area is 63.6 Å². The van der Waals surface area contributed by atoms with E-state index in [9.17, 15) is 9.59 Å². The fourth-order valence-corrected chi connectivity index (χ4v) is 0.635. The van der Waals surface area contributed by atoms with Gasteiger partial charge in [0.25, 0.3) is 0 Å². The monoisotopic (exact) mass is 149 g/mol. The maximum absolute atomic E-state index is 10.8. The van der Waals surface area contributed by atoms with Gasteiger partial charge in [0.15, 0.2) is 0 Å². The van der Waals surface area contributed by atoms with Gasteiger partial charge < -0.3 is 4.74 Å². The lowest BCUT2D eigenvalue weighted by Gasteiger charge is -1.93. The van der Waals surface area contributed by atoms with Gasteiger partial charge >= 0.3 is 12.4 Å². The van der Waals surface area contributed by atoms with Crippen molar-refractivity contribution in [3.05, 3.63) is 35.9 Å². The molecule has 0 unspecified atom stereocenters. The van der Waals surface area contributed by atoms with Gasteiger partial charge in [0.2, 0.25) is 0 Å². The molecule has 0 atom stereocenters. The lowest BCUT2D eigenvalue weighted by atomic mass is 10.2. The summed E-state index contributed by atoms with van der Waals surface area (Å²) in [6.45, 7) is 0.110. The first kappa shape index (κ1) is 7.47. The Kier molecular flexibility index (Phi) is 2.38. The van der Waals surface area contributed by atoms with E-state index in [1.165, 1.54) is 12.1 Å². The van der Waals surface area contributed by atoms with Crippen LogP contribution in [0.3, 0.4) is 0 Å². The molecule has 1 radical (unpaired) electrons. The first-order valence-corrected chi connectivity index (χ1v) is 2.95. The summed E-state index contributed by atoms with van der Waals surface area (Å²) in [5.74, 6) is -0.644. The van der Waals surface area contributed by atoms with Crippen LogP contribution in [0.5, 0.6) is 0 Å². The standard InChI is InChI=1S/C8H5O3/c9-6-11-8(10)7-4-2-1-3-5-7/h2-6H. The second-order valence-electron chi connectivity index (χ2n) is 1.79. The van der Waals surface area contributed by atoms with Crippen LogP contribution in [0.4, 0.5) is 0 Å². The van der Waals surface area contributed by atoms with Gasteiger partial charge in [0.1, 0.15) is 0 Å². The van der Waals surface area contributed by atoms with Crippen molar-refractivity contribution in [2.45, 2.75) is 0 Å². The molecule has 0 saturated carbocycles. The molecule has 3 heteroatoms. The van der Waals surface area contributed by atoms with E-state index in [4.69, 9.17) is 0 Å². The highest BCUT2D eigenvalue weighted by atomic mass is 16.6. The third kappa shape index (κ3) is 1.89. The summed E-state index contributed by atoms with van der Waals surface area (Å²) in [6, 6.07) is 8.91. The van der Waals surface area contributed by atoms with E-state index in [1.807, 2.05) is 0 Å². The minimum absolute atomic E-state index is 0.110. The van der Waals surface area contributed by atoms with Gasteiger partial charge in [-0.1, -0.05) is 12.1 Å². The molecular weight excluding hydrogens is 144 g/mol. The van der Waals surface area contributed by atoms with Crippen LogP contribution in [0, 0.1) is 6.07 Å². The highest BCUT2D eigenvalue weighted by Crippen LogP contribution is 1.98. The molecule has 0 saturated heterocycles. The average molecular weight is 149 g/mol. The molecule has 1 aromatic rings. The minimum atomic E-state index is -0.644. The zero-order valence-corrected chi connectivity index (χ0v) is 5.61. The molecule has 0 fully saturated rings. The maximum Gasteiger partial charge on any atom is 0.345 e. The number of carbonyl (C=O) groups is 2. The zero-order valence-electron chi connectivity index (χ0n) is 5.61. The molecule has 3 nitrogen and oxygen atoms in total. The molecule has 0 aliphatic rings. The van der Waals surface area contributed by atoms with Crippen molar-refractivity contribution >= 4 is 12.4 Å². The average Bonchev–Trinajstić information content (AvgIpc) is 2.07. The summed E-state index contributed by atoms with van der Waals surface area (Å²) >= 11 is 0. The highest BCUT2D eigenvalue weighted by molar-refractivity contribution is 5.92. The van der Waals surface area contributed by atoms with Crippen molar-refractivity contribution in [2.75, 3.05) is 0 Å². The predicted molar refractivity (Wildman–Crippen MR) is 36.8 cm³/mol. The van der Waals surface area contributed by atoms with E-state index in [1.54, 1.807) is 12.1 Å². The number of rotatable bonds is 2. The topological polar surface area (TPSA) is 43.4 Å². The molecule has 11 heavy (non-hydrogen) atoms. The van der Waals surface area contributed by atoms with Gasteiger partial charge in [-0.05, 0) is 18.2 Å². The summed E-state index contributed by atoms with van der Waals surface area (Å²) in [7, 11) is 0. The van der Waals surface area contributed by atoms with Crippen molar-refractivity contribution < 1.29 is 14.3 Å². The second-order valence-corrected chi connectivity index (χ2v) is 1.79. The van der Waals surface area contributed by atoms with Crippen LogP contribution in [0.2, 0.25) is 0 Å². The Morgan fingerprint density at radius 2 is 2.09 bits per heavy atom. The smallest absolute Gasteiger partial charge is 0.345 e. The number of hydrogen-bond acceptors (Lipinski definition) is 3. The molecule has 0 spiro atoms. The molecular formula is C8H5O3. The van der Waals surface area contributed by atoms with Crippen LogP contribution in [-0.4, -0.2) is 12.4 Å².